The summed E-state index contributed by atoms with van der Waals surface area (Å²) >= 11 is 11.9. The normalized spacial score (nSPS) is 12.2. The van der Waals surface area contributed by atoms with Gasteiger partial charge in [-0.1, -0.05) is 53.5 Å². The van der Waals surface area contributed by atoms with Gasteiger partial charge in [0.25, 0.3) is 5.91 Å². The van der Waals surface area contributed by atoms with Crippen LogP contribution in [0.15, 0.2) is 66.7 Å². The number of amides is 1. The smallest absolute Gasteiger partial charge is 0.416 e. The molecule has 1 N–H and O–H groups in total. The minimum absolute atomic E-state index is 0.108. The van der Waals surface area contributed by atoms with Gasteiger partial charge in [0.2, 0.25) is 0 Å². The molecule has 3 aromatic rings. The molecular formula is C23H16Cl2F3NO3. The molecule has 0 aliphatic heterocycles. The molecular weight excluding hydrogens is 466 g/mol. The Kier molecular flexibility index (Phi) is 7.11. The van der Waals surface area contributed by atoms with E-state index in [1.165, 1.54) is 37.3 Å². The Morgan fingerprint density at radius 3 is 2.25 bits per heavy atom. The molecule has 0 aromatic heterocycles. The van der Waals surface area contributed by atoms with Crippen LogP contribution in [0.25, 0.3) is 11.1 Å². The number of anilines is 1. The highest BCUT2D eigenvalue weighted by Crippen LogP contribution is 2.32. The number of alkyl halides is 3. The minimum Gasteiger partial charge on any atom is -0.449 e. The molecule has 166 valence electrons. The molecule has 1 atom stereocenters. The SMILES string of the molecule is CC(OC(=O)c1ccccc1-c1ccc(C(F)(F)F)cc1)C(=O)Nc1ccc(Cl)cc1Cl. The zero-order valence-corrected chi connectivity index (χ0v) is 18.1. The third kappa shape index (κ3) is 5.60. The fourth-order valence-corrected chi connectivity index (χ4v) is 3.31. The van der Waals surface area contributed by atoms with Crippen molar-refractivity contribution in [3.05, 3.63) is 87.9 Å². The maximum Gasteiger partial charge on any atom is 0.416 e. The number of halogens is 5. The number of hydrogen-bond donors (Lipinski definition) is 1. The van der Waals surface area contributed by atoms with E-state index < -0.39 is 29.7 Å². The van der Waals surface area contributed by atoms with Gasteiger partial charge in [0.1, 0.15) is 0 Å². The fraction of sp³-hybridized carbons (Fsp3) is 0.130. The summed E-state index contributed by atoms with van der Waals surface area (Å²) in [6, 6.07) is 15.2. The molecule has 0 saturated carbocycles. The summed E-state index contributed by atoms with van der Waals surface area (Å²) in [7, 11) is 0. The van der Waals surface area contributed by atoms with Crippen LogP contribution in [0, 0.1) is 0 Å². The van der Waals surface area contributed by atoms with E-state index in [0.717, 1.165) is 12.1 Å². The molecule has 0 fully saturated rings. The van der Waals surface area contributed by atoms with E-state index in [-0.39, 0.29) is 10.6 Å². The maximum atomic E-state index is 12.8. The van der Waals surface area contributed by atoms with Crippen LogP contribution in [0.5, 0.6) is 0 Å². The molecule has 3 aromatic carbocycles. The highest BCUT2D eigenvalue weighted by Gasteiger charge is 2.30. The van der Waals surface area contributed by atoms with Crippen LogP contribution in [0.2, 0.25) is 10.0 Å². The summed E-state index contributed by atoms with van der Waals surface area (Å²) in [6.45, 7) is 1.39. The number of nitrogens with one attached hydrogen (secondary N) is 1. The molecule has 0 radical (unpaired) electrons. The van der Waals surface area contributed by atoms with Gasteiger partial charge in [-0.05, 0) is 54.4 Å². The van der Waals surface area contributed by atoms with Gasteiger partial charge in [-0.15, -0.1) is 0 Å². The van der Waals surface area contributed by atoms with Gasteiger partial charge in [-0.25, -0.2) is 4.79 Å². The summed E-state index contributed by atoms with van der Waals surface area (Å²) in [5, 5.41) is 3.16. The van der Waals surface area contributed by atoms with Crippen molar-refractivity contribution in [2.24, 2.45) is 0 Å². The lowest BCUT2D eigenvalue weighted by atomic mass is 9.98. The first kappa shape index (κ1) is 23.6. The fourth-order valence-electron chi connectivity index (χ4n) is 2.85. The van der Waals surface area contributed by atoms with Gasteiger partial charge < -0.3 is 10.1 Å². The van der Waals surface area contributed by atoms with Gasteiger partial charge in [0, 0.05) is 5.02 Å². The average Bonchev–Trinajstić information content (AvgIpc) is 2.75. The van der Waals surface area contributed by atoms with Crippen LogP contribution in [0.3, 0.4) is 0 Å². The lowest BCUT2D eigenvalue weighted by molar-refractivity contribution is -0.137. The summed E-state index contributed by atoms with van der Waals surface area (Å²) in [5.41, 5.74) is 0.383. The standard InChI is InChI=1S/C23H16Cl2F3NO3/c1-13(21(30)29-20-11-10-16(24)12-19(20)25)32-22(31)18-5-3-2-4-17(18)14-6-8-15(9-7-14)23(26,27)28/h2-13H,1H3,(H,29,30). The third-order valence-corrected chi connectivity index (χ3v) is 5.06. The van der Waals surface area contributed by atoms with Crippen molar-refractivity contribution in [2.45, 2.75) is 19.2 Å². The van der Waals surface area contributed by atoms with Crippen molar-refractivity contribution >= 4 is 40.8 Å². The van der Waals surface area contributed by atoms with Crippen molar-refractivity contribution in [3.63, 3.8) is 0 Å². The lowest BCUT2D eigenvalue weighted by Gasteiger charge is -2.16. The summed E-state index contributed by atoms with van der Waals surface area (Å²) in [6.07, 6.45) is -5.64. The molecule has 0 bridgehead atoms. The predicted molar refractivity (Wildman–Crippen MR) is 117 cm³/mol. The van der Waals surface area contributed by atoms with Gasteiger partial charge in [0.05, 0.1) is 21.8 Å². The Morgan fingerprint density at radius 1 is 0.969 bits per heavy atom. The van der Waals surface area contributed by atoms with Crippen LogP contribution in [0.4, 0.5) is 18.9 Å². The van der Waals surface area contributed by atoms with Crippen LogP contribution in [-0.4, -0.2) is 18.0 Å². The number of ether oxygens (including phenoxy) is 1. The highest BCUT2D eigenvalue weighted by atomic mass is 35.5. The molecule has 1 amide bonds. The first-order valence-corrected chi connectivity index (χ1v) is 10.1. The van der Waals surface area contributed by atoms with E-state index in [4.69, 9.17) is 27.9 Å². The topological polar surface area (TPSA) is 55.4 Å². The molecule has 0 heterocycles. The van der Waals surface area contributed by atoms with Crippen LogP contribution in [0.1, 0.15) is 22.8 Å². The highest BCUT2D eigenvalue weighted by molar-refractivity contribution is 6.36. The first-order valence-electron chi connectivity index (χ1n) is 9.30. The zero-order valence-electron chi connectivity index (χ0n) is 16.5. The average molecular weight is 482 g/mol. The predicted octanol–water partition coefficient (Wildman–Crippen LogP) is 6.86. The summed E-state index contributed by atoms with van der Waals surface area (Å²) in [5.74, 6) is -1.42. The second-order valence-corrected chi connectivity index (χ2v) is 7.63. The molecule has 3 rings (SSSR count). The molecule has 9 heteroatoms. The lowest BCUT2D eigenvalue weighted by Crippen LogP contribution is -2.30. The Balaban J connectivity index is 1.76. The van der Waals surface area contributed by atoms with Crippen molar-refractivity contribution in [3.8, 4) is 11.1 Å². The van der Waals surface area contributed by atoms with E-state index in [0.29, 0.717) is 21.8 Å². The minimum atomic E-state index is -4.47. The monoisotopic (exact) mass is 481 g/mol. The van der Waals surface area contributed by atoms with E-state index in [1.54, 1.807) is 24.3 Å². The number of hydrogen-bond acceptors (Lipinski definition) is 3. The Morgan fingerprint density at radius 2 is 1.62 bits per heavy atom. The third-order valence-electron chi connectivity index (χ3n) is 4.51. The number of carbonyl (C=O) groups is 2. The first-order chi connectivity index (χ1) is 15.1. The Bertz CT molecular complexity index is 1150. The molecule has 0 aliphatic rings. The maximum absolute atomic E-state index is 12.8. The Labute approximate surface area is 191 Å². The Hall–Kier alpha value is -3.03. The van der Waals surface area contributed by atoms with E-state index >= 15 is 0 Å². The summed E-state index contributed by atoms with van der Waals surface area (Å²) in [4.78, 5) is 25.1. The molecule has 0 saturated heterocycles. The number of carbonyl (C=O) groups excluding carboxylic acids is 2. The summed E-state index contributed by atoms with van der Waals surface area (Å²) < 4.78 is 43.7. The molecule has 1 unspecified atom stereocenters. The second kappa shape index (κ2) is 9.63. The van der Waals surface area contributed by atoms with Crippen LogP contribution < -0.4 is 5.32 Å². The molecule has 4 nitrogen and oxygen atoms in total. The molecule has 32 heavy (non-hydrogen) atoms. The van der Waals surface area contributed by atoms with Gasteiger partial charge in [-0.3, -0.25) is 4.79 Å². The zero-order chi connectivity index (χ0) is 23.5. The van der Waals surface area contributed by atoms with Gasteiger partial charge in [0.15, 0.2) is 6.10 Å². The van der Waals surface area contributed by atoms with Crippen molar-refractivity contribution in [1.29, 1.82) is 0 Å². The molecule has 0 spiro atoms. The number of esters is 1. The van der Waals surface area contributed by atoms with Crippen LogP contribution in [-0.2, 0) is 15.7 Å². The van der Waals surface area contributed by atoms with Crippen LogP contribution >= 0.6 is 23.2 Å². The van der Waals surface area contributed by atoms with Crippen molar-refractivity contribution in [2.75, 3.05) is 5.32 Å². The van der Waals surface area contributed by atoms with Crippen molar-refractivity contribution in [1.82, 2.24) is 0 Å². The number of benzene rings is 3. The van der Waals surface area contributed by atoms with Gasteiger partial charge >= 0.3 is 12.1 Å². The van der Waals surface area contributed by atoms with E-state index in [2.05, 4.69) is 5.32 Å². The number of rotatable bonds is 5. The van der Waals surface area contributed by atoms with E-state index in [1.807, 2.05) is 0 Å². The van der Waals surface area contributed by atoms with Gasteiger partial charge in [-0.2, -0.15) is 13.2 Å². The second-order valence-electron chi connectivity index (χ2n) is 6.78. The van der Waals surface area contributed by atoms with E-state index in [9.17, 15) is 22.8 Å². The molecule has 0 aliphatic carbocycles. The largest absolute Gasteiger partial charge is 0.449 e. The quantitative estimate of drug-likeness (QED) is 0.404. The van der Waals surface area contributed by atoms with Crippen molar-refractivity contribution < 1.29 is 27.5 Å².